The van der Waals surface area contributed by atoms with E-state index in [0.29, 0.717) is 17.1 Å². The molecule has 0 atom stereocenters. The highest BCUT2D eigenvalue weighted by Crippen LogP contribution is 2.19. The van der Waals surface area contributed by atoms with Crippen molar-refractivity contribution in [3.8, 4) is 6.07 Å². The average molecular weight is 316 g/mol. The van der Waals surface area contributed by atoms with Crippen molar-refractivity contribution < 1.29 is 8.42 Å². The molecule has 1 N–H and O–H groups in total. The number of benzene rings is 1. The van der Waals surface area contributed by atoms with E-state index in [1.54, 1.807) is 38.1 Å². The standard InChI is InChI=1S/C15H16N4O2S/c1-11(2)22(20,21)10-12-4-3-5-13(8-12)19-15-14(9-16)17-6-7-18-15/h3-8,11H,10H2,1-2H3,(H,18,19). The molecule has 7 heteroatoms. The highest BCUT2D eigenvalue weighted by atomic mass is 32.2. The molecule has 0 aliphatic carbocycles. The first kappa shape index (κ1) is 15.9. The van der Waals surface area contributed by atoms with Crippen LogP contribution in [0.2, 0.25) is 0 Å². The van der Waals surface area contributed by atoms with Crippen molar-refractivity contribution in [3.63, 3.8) is 0 Å². The summed E-state index contributed by atoms with van der Waals surface area (Å²) in [6.07, 6.45) is 2.92. The first-order valence-corrected chi connectivity index (χ1v) is 8.42. The third kappa shape index (κ3) is 3.80. The number of rotatable bonds is 5. The van der Waals surface area contributed by atoms with E-state index in [-0.39, 0.29) is 11.4 Å². The molecule has 0 aliphatic rings. The van der Waals surface area contributed by atoms with Gasteiger partial charge < -0.3 is 5.32 Å². The summed E-state index contributed by atoms with van der Waals surface area (Å²) in [5.74, 6) is 0.319. The molecule has 0 spiro atoms. The zero-order valence-electron chi connectivity index (χ0n) is 12.3. The number of nitrogens with one attached hydrogen (secondary N) is 1. The van der Waals surface area contributed by atoms with Gasteiger partial charge in [-0.2, -0.15) is 5.26 Å². The lowest BCUT2D eigenvalue weighted by atomic mass is 10.2. The highest BCUT2D eigenvalue weighted by molar-refractivity contribution is 7.91. The van der Waals surface area contributed by atoms with Crippen molar-refractivity contribution in [1.29, 1.82) is 5.26 Å². The predicted molar refractivity (Wildman–Crippen MR) is 84.2 cm³/mol. The van der Waals surface area contributed by atoms with Crippen molar-refractivity contribution in [1.82, 2.24) is 9.97 Å². The number of sulfone groups is 1. The molecule has 1 heterocycles. The fraction of sp³-hybridized carbons (Fsp3) is 0.267. The van der Waals surface area contributed by atoms with Crippen molar-refractivity contribution >= 4 is 21.3 Å². The van der Waals surface area contributed by atoms with E-state index < -0.39 is 15.1 Å². The van der Waals surface area contributed by atoms with Crippen molar-refractivity contribution in [2.45, 2.75) is 24.9 Å². The lowest BCUT2D eigenvalue weighted by molar-refractivity contribution is 0.586. The van der Waals surface area contributed by atoms with Crippen LogP contribution in [-0.2, 0) is 15.6 Å². The Kier molecular flexibility index (Phi) is 4.73. The molecule has 6 nitrogen and oxygen atoms in total. The Morgan fingerprint density at radius 1 is 1.27 bits per heavy atom. The second-order valence-electron chi connectivity index (χ2n) is 5.05. The topological polar surface area (TPSA) is 95.7 Å². The first-order valence-electron chi connectivity index (χ1n) is 6.71. The molecule has 0 unspecified atom stereocenters. The molecule has 114 valence electrons. The zero-order chi connectivity index (χ0) is 16.2. The molecule has 0 saturated carbocycles. The van der Waals surface area contributed by atoms with E-state index in [4.69, 9.17) is 5.26 Å². The van der Waals surface area contributed by atoms with Gasteiger partial charge in [0.15, 0.2) is 21.3 Å². The first-order chi connectivity index (χ1) is 10.4. The van der Waals surface area contributed by atoms with E-state index in [2.05, 4.69) is 15.3 Å². The Balaban J connectivity index is 2.24. The van der Waals surface area contributed by atoms with Crippen LogP contribution in [0.5, 0.6) is 0 Å². The van der Waals surface area contributed by atoms with Gasteiger partial charge in [0, 0.05) is 18.1 Å². The second-order valence-corrected chi connectivity index (χ2v) is 7.60. The second kappa shape index (κ2) is 6.54. The molecule has 1 aromatic heterocycles. The Morgan fingerprint density at radius 2 is 2.00 bits per heavy atom. The summed E-state index contributed by atoms with van der Waals surface area (Å²) in [4.78, 5) is 7.98. The van der Waals surface area contributed by atoms with E-state index in [0.717, 1.165) is 0 Å². The van der Waals surface area contributed by atoms with Crippen molar-refractivity contribution in [2.24, 2.45) is 0 Å². The summed E-state index contributed by atoms with van der Waals surface area (Å²) in [5, 5.41) is 11.6. The van der Waals surface area contributed by atoms with E-state index in [9.17, 15) is 8.42 Å². The largest absolute Gasteiger partial charge is 0.338 e. The van der Waals surface area contributed by atoms with Gasteiger partial charge in [0.2, 0.25) is 0 Å². The molecule has 0 saturated heterocycles. The van der Waals surface area contributed by atoms with Gasteiger partial charge in [-0.25, -0.2) is 18.4 Å². The summed E-state index contributed by atoms with van der Waals surface area (Å²) < 4.78 is 24.0. The molecule has 0 aliphatic heterocycles. The maximum Gasteiger partial charge on any atom is 0.183 e. The maximum atomic E-state index is 12.0. The monoisotopic (exact) mass is 316 g/mol. The average Bonchev–Trinajstić information content (AvgIpc) is 2.47. The summed E-state index contributed by atoms with van der Waals surface area (Å²) in [6, 6.07) is 8.98. The minimum absolute atomic E-state index is 0.0221. The Morgan fingerprint density at radius 3 is 2.68 bits per heavy atom. The van der Waals surface area contributed by atoms with Gasteiger partial charge in [-0.15, -0.1) is 0 Å². The number of nitrogens with zero attached hydrogens (tertiary/aromatic N) is 3. The Labute approximate surface area is 129 Å². The van der Waals surface area contributed by atoms with Crippen LogP contribution >= 0.6 is 0 Å². The third-order valence-electron chi connectivity index (χ3n) is 3.08. The van der Waals surface area contributed by atoms with Crippen LogP contribution < -0.4 is 5.32 Å². The van der Waals surface area contributed by atoms with Gasteiger partial charge in [-0.1, -0.05) is 12.1 Å². The smallest absolute Gasteiger partial charge is 0.183 e. The van der Waals surface area contributed by atoms with Crippen LogP contribution in [0.4, 0.5) is 11.5 Å². The van der Waals surface area contributed by atoms with Crippen LogP contribution in [0.3, 0.4) is 0 Å². The van der Waals surface area contributed by atoms with Crippen molar-refractivity contribution in [2.75, 3.05) is 5.32 Å². The van der Waals surface area contributed by atoms with Gasteiger partial charge in [0.05, 0.1) is 11.0 Å². The number of hydrogen-bond donors (Lipinski definition) is 1. The van der Waals surface area contributed by atoms with Crippen LogP contribution in [0.15, 0.2) is 36.7 Å². The molecule has 22 heavy (non-hydrogen) atoms. The van der Waals surface area contributed by atoms with Crippen molar-refractivity contribution in [3.05, 3.63) is 47.9 Å². The van der Waals surface area contributed by atoms with E-state index >= 15 is 0 Å². The molecular formula is C15H16N4O2S. The van der Waals surface area contributed by atoms with Gasteiger partial charge >= 0.3 is 0 Å². The lowest BCUT2D eigenvalue weighted by Crippen LogP contribution is -2.16. The van der Waals surface area contributed by atoms with Gasteiger partial charge in [-0.3, -0.25) is 0 Å². The molecule has 0 radical (unpaired) electrons. The van der Waals surface area contributed by atoms with Gasteiger partial charge in [0.1, 0.15) is 6.07 Å². The summed E-state index contributed by atoms with van der Waals surface area (Å²) >= 11 is 0. The molecular weight excluding hydrogens is 300 g/mol. The fourth-order valence-electron chi connectivity index (χ4n) is 1.79. The van der Waals surface area contributed by atoms with E-state index in [1.807, 2.05) is 6.07 Å². The highest BCUT2D eigenvalue weighted by Gasteiger charge is 2.17. The number of anilines is 2. The Hall–Kier alpha value is -2.46. The van der Waals surface area contributed by atoms with Crippen LogP contribution in [0.25, 0.3) is 0 Å². The molecule has 2 rings (SSSR count). The normalized spacial score (nSPS) is 11.2. The molecule has 1 aromatic carbocycles. The maximum absolute atomic E-state index is 12.0. The summed E-state index contributed by atoms with van der Waals surface area (Å²) in [5.41, 5.74) is 1.53. The summed E-state index contributed by atoms with van der Waals surface area (Å²) in [7, 11) is -3.16. The lowest BCUT2D eigenvalue weighted by Gasteiger charge is -2.10. The number of aromatic nitrogens is 2. The number of hydrogen-bond acceptors (Lipinski definition) is 6. The van der Waals surface area contributed by atoms with Gasteiger partial charge in [-0.05, 0) is 31.5 Å². The molecule has 2 aromatic rings. The molecule has 0 bridgehead atoms. The minimum Gasteiger partial charge on any atom is -0.338 e. The zero-order valence-corrected chi connectivity index (χ0v) is 13.1. The van der Waals surface area contributed by atoms with Gasteiger partial charge in [0.25, 0.3) is 0 Å². The number of nitriles is 1. The molecule has 0 amide bonds. The van der Waals surface area contributed by atoms with Crippen LogP contribution in [-0.4, -0.2) is 23.6 Å². The fourth-order valence-corrected chi connectivity index (χ4v) is 2.76. The quantitative estimate of drug-likeness (QED) is 0.910. The predicted octanol–water partition coefficient (Wildman–Crippen LogP) is 2.42. The van der Waals surface area contributed by atoms with Crippen LogP contribution in [0, 0.1) is 11.3 Å². The SMILES string of the molecule is CC(C)S(=O)(=O)Cc1cccc(Nc2nccnc2C#N)c1. The third-order valence-corrected chi connectivity index (χ3v) is 5.25. The summed E-state index contributed by atoms with van der Waals surface area (Å²) in [6.45, 7) is 3.33. The minimum atomic E-state index is -3.16. The van der Waals surface area contributed by atoms with E-state index in [1.165, 1.54) is 12.4 Å². The van der Waals surface area contributed by atoms with Crippen LogP contribution in [0.1, 0.15) is 25.1 Å². The molecule has 0 fully saturated rings. The Bertz CT molecular complexity index is 810.